The molecule has 0 spiro atoms. The molecule has 0 saturated heterocycles. The van der Waals surface area contributed by atoms with Crippen molar-refractivity contribution in [2.75, 3.05) is 5.88 Å². The molecule has 1 aromatic carbocycles. The first-order valence-corrected chi connectivity index (χ1v) is 5.12. The number of esters is 1. The van der Waals surface area contributed by atoms with Crippen LogP contribution in [-0.4, -0.2) is 22.7 Å². The molecule has 0 heterocycles. The van der Waals surface area contributed by atoms with Gasteiger partial charge >= 0.3 is 5.97 Å². The molecule has 0 amide bonds. The zero-order valence-corrected chi connectivity index (χ0v) is 9.45. The Kier molecular flexibility index (Phi) is 4.31. The predicted molar refractivity (Wildman–Crippen MR) is 58.6 cm³/mol. The van der Waals surface area contributed by atoms with Crippen molar-refractivity contribution < 1.29 is 19.4 Å². The van der Waals surface area contributed by atoms with Crippen molar-refractivity contribution in [3.63, 3.8) is 0 Å². The second kappa shape index (κ2) is 5.51. The SMILES string of the molecule is CC(=O)OCc1ccc(C(=O)CCl)c(O)c1. The molecular weight excluding hydrogens is 232 g/mol. The van der Waals surface area contributed by atoms with Crippen LogP contribution in [0.25, 0.3) is 0 Å². The highest BCUT2D eigenvalue weighted by molar-refractivity contribution is 6.30. The van der Waals surface area contributed by atoms with E-state index in [1.807, 2.05) is 0 Å². The summed E-state index contributed by atoms with van der Waals surface area (Å²) in [6.07, 6.45) is 0. The monoisotopic (exact) mass is 242 g/mol. The normalized spacial score (nSPS) is 9.88. The molecule has 1 rings (SSSR count). The van der Waals surface area contributed by atoms with Gasteiger partial charge in [-0.3, -0.25) is 9.59 Å². The number of rotatable bonds is 4. The minimum Gasteiger partial charge on any atom is -0.507 e. The number of Topliss-reactive ketones (excluding diaryl/α,β-unsaturated/α-hetero) is 1. The smallest absolute Gasteiger partial charge is 0.302 e. The van der Waals surface area contributed by atoms with Crippen molar-refractivity contribution in [1.29, 1.82) is 0 Å². The summed E-state index contributed by atoms with van der Waals surface area (Å²) in [6, 6.07) is 4.43. The summed E-state index contributed by atoms with van der Waals surface area (Å²) < 4.78 is 4.75. The first kappa shape index (κ1) is 12.5. The van der Waals surface area contributed by atoms with Crippen LogP contribution in [0.3, 0.4) is 0 Å². The summed E-state index contributed by atoms with van der Waals surface area (Å²) in [5.74, 6) is -1.09. The molecular formula is C11H11ClO4. The topological polar surface area (TPSA) is 63.6 Å². The minimum absolute atomic E-state index is 0.0677. The van der Waals surface area contributed by atoms with Crippen molar-refractivity contribution in [1.82, 2.24) is 0 Å². The van der Waals surface area contributed by atoms with E-state index in [1.54, 1.807) is 6.07 Å². The fourth-order valence-electron chi connectivity index (χ4n) is 1.16. The Balaban J connectivity index is 2.82. The van der Waals surface area contributed by atoms with E-state index in [2.05, 4.69) is 0 Å². The summed E-state index contributed by atoms with van der Waals surface area (Å²) in [5.41, 5.74) is 0.778. The van der Waals surface area contributed by atoms with E-state index in [0.29, 0.717) is 5.56 Å². The number of ether oxygens (including phenoxy) is 1. The van der Waals surface area contributed by atoms with Crippen molar-refractivity contribution in [2.45, 2.75) is 13.5 Å². The molecule has 86 valence electrons. The van der Waals surface area contributed by atoms with Crippen LogP contribution >= 0.6 is 11.6 Å². The number of hydrogen-bond acceptors (Lipinski definition) is 4. The van der Waals surface area contributed by atoms with Gasteiger partial charge in [0.05, 0.1) is 11.4 Å². The largest absolute Gasteiger partial charge is 0.507 e. The summed E-state index contributed by atoms with van der Waals surface area (Å²) in [6.45, 7) is 1.36. The van der Waals surface area contributed by atoms with E-state index >= 15 is 0 Å². The Morgan fingerprint density at radius 3 is 2.62 bits per heavy atom. The summed E-state index contributed by atoms with van der Waals surface area (Å²) >= 11 is 5.37. The van der Waals surface area contributed by atoms with E-state index in [0.717, 1.165) is 0 Å². The number of alkyl halides is 1. The average Bonchev–Trinajstić information content (AvgIpc) is 2.25. The van der Waals surface area contributed by atoms with Crippen molar-refractivity contribution in [2.24, 2.45) is 0 Å². The average molecular weight is 243 g/mol. The fourth-order valence-corrected chi connectivity index (χ4v) is 1.30. The lowest BCUT2D eigenvalue weighted by molar-refractivity contribution is -0.142. The molecule has 0 aromatic heterocycles. The number of carbonyl (C=O) groups is 2. The number of benzene rings is 1. The molecule has 0 atom stereocenters. The maximum absolute atomic E-state index is 11.2. The number of carbonyl (C=O) groups excluding carboxylic acids is 2. The van der Waals surface area contributed by atoms with Gasteiger partial charge in [-0.1, -0.05) is 6.07 Å². The molecule has 0 radical (unpaired) electrons. The first-order chi connectivity index (χ1) is 7.54. The maximum Gasteiger partial charge on any atom is 0.302 e. The number of phenolic OH excluding ortho intramolecular Hbond substituents is 1. The zero-order chi connectivity index (χ0) is 12.1. The third kappa shape index (κ3) is 3.24. The van der Waals surface area contributed by atoms with Gasteiger partial charge in [0, 0.05) is 6.92 Å². The standard InChI is InChI=1S/C11H11ClO4/c1-7(13)16-6-8-2-3-9(10(14)4-8)11(15)5-12/h2-4,14H,5-6H2,1H3. The van der Waals surface area contributed by atoms with Gasteiger partial charge in [0.2, 0.25) is 0 Å². The van der Waals surface area contributed by atoms with Gasteiger partial charge in [-0.25, -0.2) is 0 Å². The van der Waals surface area contributed by atoms with E-state index in [1.165, 1.54) is 19.1 Å². The van der Waals surface area contributed by atoms with E-state index in [4.69, 9.17) is 16.3 Å². The summed E-state index contributed by atoms with van der Waals surface area (Å²) in [5, 5.41) is 9.54. The van der Waals surface area contributed by atoms with E-state index in [9.17, 15) is 14.7 Å². The predicted octanol–water partition coefficient (Wildman–Crippen LogP) is 1.88. The molecule has 0 bridgehead atoms. The highest BCUT2D eigenvalue weighted by Crippen LogP contribution is 2.20. The van der Waals surface area contributed by atoms with Crippen LogP contribution in [0, 0.1) is 0 Å². The zero-order valence-electron chi connectivity index (χ0n) is 8.70. The van der Waals surface area contributed by atoms with Crippen LogP contribution in [0.1, 0.15) is 22.8 Å². The van der Waals surface area contributed by atoms with E-state index < -0.39 is 5.97 Å². The lowest BCUT2D eigenvalue weighted by Crippen LogP contribution is -2.02. The Bertz CT molecular complexity index is 414. The van der Waals surface area contributed by atoms with Gasteiger partial charge in [0.1, 0.15) is 12.4 Å². The van der Waals surface area contributed by atoms with E-state index in [-0.39, 0.29) is 29.6 Å². The molecule has 0 aliphatic heterocycles. The Hall–Kier alpha value is -1.55. The maximum atomic E-state index is 11.2. The second-order valence-electron chi connectivity index (χ2n) is 3.19. The number of phenols is 1. The van der Waals surface area contributed by atoms with Gasteiger partial charge in [-0.05, 0) is 17.7 Å². The van der Waals surface area contributed by atoms with Gasteiger partial charge in [-0.15, -0.1) is 11.6 Å². The highest BCUT2D eigenvalue weighted by Gasteiger charge is 2.10. The van der Waals surface area contributed by atoms with Crippen LogP contribution in [0.2, 0.25) is 0 Å². The van der Waals surface area contributed by atoms with Crippen molar-refractivity contribution in [3.8, 4) is 5.75 Å². The fraction of sp³-hybridized carbons (Fsp3) is 0.273. The number of halogens is 1. The third-order valence-electron chi connectivity index (χ3n) is 1.93. The number of ketones is 1. The molecule has 1 N–H and O–H groups in total. The molecule has 0 aliphatic carbocycles. The Morgan fingerprint density at radius 2 is 2.12 bits per heavy atom. The van der Waals surface area contributed by atoms with Crippen LogP contribution in [0.5, 0.6) is 5.75 Å². The quantitative estimate of drug-likeness (QED) is 0.497. The van der Waals surface area contributed by atoms with Crippen molar-refractivity contribution >= 4 is 23.4 Å². The lowest BCUT2D eigenvalue weighted by Gasteiger charge is -2.05. The summed E-state index contributed by atoms with van der Waals surface area (Å²) in [7, 11) is 0. The highest BCUT2D eigenvalue weighted by atomic mass is 35.5. The summed E-state index contributed by atoms with van der Waals surface area (Å²) in [4.78, 5) is 21.8. The molecule has 4 nitrogen and oxygen atoms in total. The Labute approximate surface area is 97.8 Å². The molecule has 1 aromatic rings. The first-order valence-electron chi connectivity index (χ1n) is 4.59. The minimum atomic E-state index is -0.402. The molecule has 0 aliphatic rings. The number of hydrogen-bond donors (Lipinski definition) is 1. The van der Waals surface area contributed by atoms with Gasteiger partial charge < -0.3 is 9.84 Å². The molecule has 16 heavy (non-hydrogen) atoms. The second-order valence-corrected chi connectivity index (χ2v) is 3.46. The Morgan fingerprint density at radius 1 is 1.44 bits per heavy atom. The number of aromatic hydroxyl groups is 1. The van der Waals surface area contributed by atoms with Gasteiger partial charge in [-0.2, -0.15) is 0 Å². The molecule has 5 heteroatoms. The lowest BCUT2D eigenvalue weighted by atomic mass is 10.1. The van der Waals surface area contributed by atoms with Crippen LogP contribution in [0.15, 0.2) is 18.2 Å². The van der Waals surface area contributed by atoms with Gasteiger partial charge in [0.25, 0.3) is 0 Å². The third-order valence-corrected chi connectivity index (χ3v) is 2.17. The van der Waals surface area contributed by atoms with Crippen LogP contribution in [-0.2, 0) is 16.1 Å². The van der Waals surface area contributed by atoms with Gasteiger partial charge in [0.15, 0.2) is 5.78 Å². The van der Waals surface area contributed by atoms with Crippen LogP contribution in [0.4, 0.5) is 0 Å². The molecule has 0 unspecified atom stereocenters. The van der Waals surface area contributed by atoms with Crippen LogP contribution < -0.4 is 0 Å². The van der Waals surface area contributed by atoms with Crippen molar-refractivity contribution in [3.05, 3.63) is 29.3 Å². The molecule has 0 fully saturated rings. The molecule has 0 saturated carbocycles.